The van der Waals surface area contributed by atoms with Crippen molar-refractivity contribution in [1.29, 1.82) is 0 Å². The largest absolute Gasteiger partial charge is 0.394 e. The molecule has 9 saturated heterocycles. The Morgan fingerprint density at radius 3 is 0.711 bits per heavy atom. The lowest BCUT2D eigenvalue weighted by Gasteiger charge is -2.46. The van der Waals surface area contributed by atoms with Gasteiger partial charge in [-0.05, 0) is 54.9 Å². The molecule has 9 heterocycles. The minimum absolute atomic E-state index is 0.0420. The van der Waals surface area contributed by atoms with Gasteiger partial charge in [0.25, 0.3) is 0 Å². The van der Waals surface area contributed by atoms with Crippen molar-refractivity contribution in [3.8, 4) is 0 Å². The summed E-state index contributed by atoms with van der Waals surface area (Å²) in [6, 6.07) is 4.79. The van der Waals surface area contributed by atoms with Gasteiger partial charge in [0.2, 0.25) is 0 Å². The predicted octanol–water partition coefficient (Wildman–Crippen LogP) is -18.7. The average molecular weight is 2020 g/mol. The third-order valence-corrected chi connectivity index (χ3v) is 24.1. The van der Waals surface area contributed by atoms with Crippen LogP contribution in [-0.2, 0) is 99.5 Å². The van der Waals surface area contributed by atoms with Crippen LogP contribution in [0.15, 0.2) is 18.2 Å². The second-order valence-corrected chi connectivity index (χ2v) is 34.0. The standard InChI is InChI=1S/C76H128N6O50S3/c1-26-30(17-83)121-65(53(103)39(26)89)118-23-36-45(95)62(130-71-56(106)50(100)42(92)33(20-86)124-71)59(109)68(127-36)115-11-8-112-5-2-77-74(133)80-27-14-28(81-75(134)78-3-6-113-9-12-116-69-60(110)63(131-72-57(107)51(101)43(93)34(21-87)125-72)46(96)37(128-69)24-119-66-54(104)48(98)40(90)31(18-84)122-66)16-29(15-27)82-76(135)79-4-7-114-10-13-117-70-61(111)64(132-73-58(108)52(102)44(94)35(22-88)126-73)47(97)38(129-70)25-120-67-55(105)49(99)41(91)32(19-85)123-67/h14-16,26,30-73,83-111H,2-13,17-25H2,1H3,(H2,77,80,133)(H2,78,81,134)(H2,79,82,135). The van der Waals surface area contributed by atoms with Crippen LogP contribution in [0.3, 0.4) is 0 Å². The molecule has 9 aliphatic rings. The van der Waals surface area contributed by atoms with E-state index < -0.39 is 336 Å². The lowest BCUT2D eigenvalue weighted by atomic mass is 9.91. The van der Waals surface area contributed by atoms with Crippen LogP contribution in [0.2, 0.25) is 0 Å². The summed E-state index contributed by atoms with van der Waals surface area (Å²) in [4.78, 5) is 0. The molecule has 0 aromatic heterocycles. The van der Waals surface area contributed by atoms with Crippen LogP contribution in [0.5, 0.6) is 0 Å². The molecule has 1 aromatic carbocycles. The number of anilines is 3. The lowest BCUT2D eigenvalue weighted by Crippen LogP contribution is -2.65. The van der Waals surface area contributed by atoms with Crippen LogP contribution in [0.25, 0.3) is 0 Å². The van der Waals surface area contributed by atoms with E-state index in [1.807, 2.05) is 0 Å². The van der Waals surface area contributed by atoms with Crippen molar-refractivity contribution in [2.45, 2.75) is 277 Å². The quantitative estimate of drug-likeness (QED) is 0.0213. The maximum Gasteiger partial charge on any atom is 0.187 e. The maximum absolute atomic E-state index is 11.5. The molecule has 45 atom stereocenters. The summed E-state index contributed by atoms with van der Waals surface area (Å²) in [6.45, 7) is -6.84. The van der Waals surface area contributed by atoms with E-state index in [0.717, 1.165) is 0 Å². The van der Waals surface area contributed by atoms with E-state index in [-0.39, 0.29) is 94.4 Å². The Balaban J connectivity index is 0.735. The van der Waals surface area contributed by atoms with Gasteiger partial charge in [0.1, 0.15) is 201 Å². The normalized spacial score (nSPS) is 42.6. The molecule has 45 unspecified atom stereocenters. The minimum Gasteiger partial charge on any atom is -0.394 e. The molecule has 0 bridgehead atoms. The van der Waals surface area contributed by atoms with Gasteiger partial charge in [-0.2, -0.15) is 0 Å². The summed E-state index contributed by atoms with van der Waals surface area (Å²) in [5.74, 6) is -0.724. The highest BCUT2D eigenvalue weighted by molar-refractivity contribution is 7.81. The van der Waals surface area contributed by atoms with Gasteiger partial charge in [0.05, 0.1) is 131 Å². The van der Waals surface area contributed by atoms with Crippen molar-refractivity contribution in [3.05, 3.63) is 18.2 Å². The second-order valence-electron chi connectivity index (χ2n) is 32.8. The van der Waals surface area contributed by atoms with Crippen molar-refractivity contribution in [2.75, 3.05) is 155 Å². The monoisotopic (exact) mass is 2020 g/mol. The molecule has 59 heteroatoms. The topological polar surface area (TPSA) is 853 Å². The fourth-order valence-electron chi connectivity index (χ4n) is 15.5. The Labute approximate surface area is 785 Å². The third-order valence-electron chi connectivity index (χ3n) is 23.4. The molecule has 9 fully saturated rings. The van der Waals surface area contributed by atoms with Gasteiger partial charge in [-0.3, -0.25) is 0 Å². The van der Waals surface area contributed by atoms with E-state index in [2.05, 4.69) is 31.9 Å². The lowest BCUT2D eigenvalue weighted by molar-refractivity contribution is -0.366. The number of nitrogens with one attached hydrogen (secondary N) is 6. The van der Waals surface area contributed by atoms with Gasteiger partial charge in [-0.1, -0.05) is 6.92 Å². The molecule has 0 saturated carbocycles. The van der Waals surface area contributed by atoms with E-state index in [1.165, 1.54) is 6.92 Å². The van der Waals surface area contributed by atoms with Crippen LogP contribution in [0.4, 0.5) is 17.1 Å². The highest BCUT2D eigenvalue weighted by Gasteiger charge is 2.58. The number of rotatable bonds is 45. The third kappa shape index (κ3) is 29.6. The van der Waals surface area contributed by atoms with E-state index in [1.54, 1.807) is 18.2 Å². The van der Waals surface area contributed by atoms with Crippen molar-refractivity contribution < 1.29 is 248 Å². The Morgan fingerprint density at radius 2 is 0.459 bits per heavy atom. The number of hydrogen-bond donors (Lipinski definition) is 35. The molecule has 9 aliphatic heterocycles. The van der Waals surface area contributed by atoms with Gasteiger partial charge in [-0.15, -0.1) is 0 Å². The van der Waals surface area contributed by atoms with Crippen LogP contribution < -0.4 is 31.9 Å². The minimum atomic E-state index is -2.00. The Hall–Kier alpha value is -3.71. The molecular formula is C76H128N6O50S3. The first-order valence-electron chi connectivity index (χ1n) is 43.3. The fraction of sp³-hybridized carbons (Fsp3) is 0.882. The first kappa shape index (κ1) is 113. The highest BCUT2D eigenvalue weighted by Crippen LogP contribution is 2.38. The molecule has 0 spiro atoms. The number of ether oxygens (including phenoxy) is 21. The summed E-state index contributed by atoms with van der Waals surface area (Å²) in [5, 5.41) is 325. The van der Waals surface area contributed by atoms with E-state index in [4.69, 9.17) is 136 Å². The molecule has 35 N–H and O–H groups in total. The molecule has 0 amide bonds. The average Bonchev–Trinajstić information content (AvgIpc) is 0.785. The van der Waals surface area contributed by atoms with Crippen molar-refractivity contribution in [1.82, 2.24) is 16.0 Å². The molecule has 0 radical (unpaired) electrons. The maximum atomic E-state index is 11.5. The van der Waals surface area contributed by atoms with Gasteiger partial charge in [-0.25, -0.2) is 0 Å². The first-order chi connectivity index (χ1) is 64.4. The summed E-state index contributed by atoms with van der Waals surface area (Å²) >= 11 is 16.9. The zero-order valence-electron chi connectivity index (χ0n) is 72.3. The van der Waals surface area contributed by atoms with Gasteiger partial charge in [0, 0.05) is 42.6 Å². The van der Waals surface area contributed by atoms with Crippen LogP contribution >= 0.6 is 36.7 Å². The summed E-state index contributed by atoms with van der Waals surface area (Å²) in [5.41, 5.74) is 0.972. The SMILES string of the molecule is CC1C(CO)OC(OCC2OC(OCCOCCNC(=S)Nc3cc(NC(=S)NCCOCCOC4OC(COC5OC(CO)C(O)C(O)C5O)C(O)C(OC5OC(CO)C(O)C(O)C5O)C4O)cc(NC(=S)NCCOCCOC4OC(COC5OC(CO)C(O)C(O)C5O)C(O)C(OC5OC(CO)C(O)C(O)C5O)C4O)c3)C(O)C(OC3OC(CO)C(O)C(O)C3O)C2O)C(O)C1O. The summed E-state index contributed by atoms with van der Waals surface area (Å²) in [7, 11) is 0. The fourth-order valence-corrected chi connectivity index (χ4v) is 16.1. The number of thiocarbonyl (C=S) groups is 3. The predicted molar refractivity (Wildman–Crippen MR) is 450 cm³/mol. The van der Waals surface area contributed by atoms with Crippen molar-refractivity contribution in [3.63, 3.8) is 0 Å². The van der Waals surface area contributed by atoms with Gasteiger partial charge >= 0.3 is 0 Å². The van der Waals surface area contributed by atoms with Crippen LogP contribution in [0.1, 0.15) is 6.92 Å². The Morgan fingerprint density at radius 1 is 0.244 bits per heavy atom. The molecular weight excluding hydrogens is 1890 g/mol. The molecule has 1 aromatic rings. The number of benzene rings is 1. The van der Waals surface area contributed by atoms with Crippen LogP contribution in [-0.4, -0.2) is 572 Å². The van der Waals surface area contributed by atoms with Crippen molar-refractivity contribution >= 4 is 69.1 Å². The van der Waals surface area contributed by atoms with E-state index in [9.17, 15) is 148 Å². The molecule has 135 heavy (non-hydrogen) atoms. The second kappa shape index (κ2) is 54.3. The van der Waals surface area contributed by atoms with Gasteiger partial charge < -0.3 is 279 Å². The molecule has 10 rings (SSSR count). The summed E-state index contributed by atoms with van der Waals surface area (Å²) < 4.78 is 119. The zero-order valence-corrected chi connectivity index (χ0v) is 74.8. The Bertz CT molecular complexity index is 3300. The Kier molecular flexibility index (Phi) is 45.5. The van der Waals surface area contributed by atoms with Crippen LogP contribution in [0, 0.1) is 5.92 Å². The first-order valence-corrected chi connectivity index (χ1v) is 44.5. The molecule has 56 nitrogen and oxygen atoms in total. The number of hydrogen-bond acceptors (Lipinski definition) is 53. The summed E-state index contributed by atoms with van der Waals surface area (Å²) in [6.07, 6.45) is -76.5. The zero-order chi connectivity index (χ0) is 98.5. The number of aliphatic hydroxyl groups is 29. The smallest absolute Gasteiger partial charge is 0.187 e. The molecule has 0 aliphatic carbocycles. The van der Waals surface area contributed by atoms with E-state index >= 15 is 0 Å². The number of aliphatic hydroxyl groups excluding tert-OH is 29. The van der Waals surface area contributed by atoms with E-state index in [0.29, 0.717) is 17.1 Å². The highest BCUT2D eigenvalue weighted by atomic mass is 32.1. The van der Waals surface area contributed by atoms with Crippen molar-refractivity contribution in [2.24, 2.45) is 5.92 Å². The van der Waals surface area contributed by atoms with Gasteiger partial charge in [0.15, 0.2) is 71.9 Å². The molecule has 780 valence electrons.